The lowest BCUT2D eigenvalue weighted by molar-refractivity contribution is -0.167. The number of benzene rings is 1. The van der Waals surface area contributed by atoms with E-state index < -0.39 is 5.41 Å². The molecule has 1 aliphatic heterocycles. The second-order valence-corrected chi connectivity index (χ2v) is 6.22. The molecule has 0 radical (unpaired) electrons. The van der Waals surface area contributed by atoms with Gasteiger partial charge in [0.05, 0.1) is 13.2 Å². The molecule has 0 N–H and O–H groups in total. The highest BCUT2D eigenvalue weighted by molar-refractivity contribution is 6.05. The molecule has 1 atom stereocenters. The van der Waals surface area contributed by atoms with Crippen LogP contribution >= 0.6 is 0 Å². The van der Waals surface area contributed by atoms with Crippen LogP contribution in [0, 0.1) is 11.3 Å². The molecule has 1 saturated heterocycles. The molecule has 0 bridgehead atoms. The number of likely N-dealkylation sites (tertiary alicyclic amines) is 1. The molecular formula is C18H25NO3. The molecule has 2 rings (SSSR count). The number of Topliss-reactive ketones (excluding diaryl/α,β-unsaturated/α-hetero) is 1. The maximum atomic E-state index is 12.7. The van der Waals surface area contributed by atoms with Crippen LogP contribution < -0.4 is 0 Å². The van der Waals surface area contributed by atoms with E-state index in [-0.39, 0.29) is 17.7 Å². The average Bonchev–Trinajstić information content (AvgIpc) is 2.48. The van der Waals surface area contributed by atoms with Crippen LogP contribution in [0.3, 0.4) is 0 Å². The van der Waals surface area contributed by atoms with Gasteiger partial charge in [-0.15, -0.1) is 0 Å². The summed E-state index contributed by atoms with van der Waals surface area (Å²) in [5.41, 5.74) is 0.215. The van der Waals surface area contributed by atoms with Crippen molar-refractivity contribution in [3.63, 3.8) is 0 Å². The quantitative estimate of drug-likeness (QED) is 0.620. The summed E-state index contributed by atoms with van der Waals surface area (Å²) in [6.07, 6.45) is 0.537. The van der Waals surface area contributed by atoms with Crippen molar-refractivity contribution < 1.29 is 14.3 Å². The second kappa shape index (κ2) is 7.05. The molecule has 0 aromatic heterocycles. The summed E-state index contributed by atoms with van der Waals surface area (Å²) in [7, 11) is 0. The molecule has 1 heterocycles. The van der Waals surface area contributed by atoms with Crippen molar-refractivity contribution >= 4 is 11.8 Å². The Kier molecular flexibility index (Phi) is 5.35. The fourth-order valence-electron chi connectivity index (χ4n) is 3.20. The maximum absolute atomic E-state index is 12.7. The monoisotopic (exact) mass is 303 g/mol. The third-order valence-corrected chi connectivity index (χ3v) is 4.56. The Morgan fingerprint density at radius 2 is 2.00 bits per heavy atom. The minimum absolute atomic E-state index is 0.0110. The van der Waals surface area contributed by atoms with Gasteiger partial charge in [0.25, 0.3) is 0 Å². The zero-order valence-electron chi connectivity index (χ0n) is 13.7. The Bertz CT molecular complexity index is 526. The van der Waals surface area contributed by atoms with E-state index in [0.29, 0.717) is 19.6 Å². The summed E-state index contributed by atoms with van der Waals surface area (Å²) in [6, 6.07) is 10.1. The van der Waals surface area contributed by atoms with Crippen LogP contribution in [0.15, 0.2) is 30.3 Å². The maximum Gasteiger partial charge on any atom is 0.319 e. The Balaban J connectivity index is 2.10. The predicted octanol–water partition coefficient (Wildman–Crippen LogP) is 2.67. The van der Waals surface area contributed by atoms with Gasteiger partial charge < -0.3 is 4.74 Å². The van der Waals surface area contributed by atoms with Crippen LogP contribution in [-0.4, -0.2) is 36.3 Å². The van der Waals surface area contributed by atoms with E-state index in [1.165, 1.54) is 5.56 Å². The molecule has 4 heteroatoms. The van der Waals surface area contributed by atoms with Crippen molar-refractivity contribution in [2.75, 3.05) is 19.7 Å². The van der Waals surface area contributed by atoms with Gasteiger partial charge in [0.15, 0.2) is 5.78 Å². The molecule has 1 unspecified atom stereocenters. The molecule has 1 fully saturated rings. The van der Waals surface area contributed by atoms with Crippen molar-refractivity contribution in [3.8, 4) is 0 Å². The normalized spacial score (nSPS) is 22.8. The Hall–Kier alpha value is -1.68. The van der Waals surface area contributed by atoms with Gasteiger partial charge in [-0.3, -0.25) is 14.5 Å². The predicted molar refractivity (Wildman–Crippen MR) is 85.2 cm³/mol. The SMILES string of the molecule is CCOC(=O)C1(C(C)C)CCN(Cc2ccccc2)CC1=O. The Morgan fingerprint density at radius 3 is 2.55 bits per heavy atom. The van der Waals surface area contributed by atoms with Crippen LogP contribution in [0.25, 0.3) is 0 Å². The summed E-state index contributed by atoms with van der Waals surface area (Å²) in [4.78, 5) is 27.2. The number of hydrogen-bond acceptors (Lipinski definition) is 4. The van der Waals surface area contributed by atoms with Gasteiger partial charge in [-0.1, -0.05) is 44.2 Å². The fourth-order valence-corrected chi connectivity index (χ4v) is 3.20. The number of hydrogen-bond donors (Lipinski definition) is 0. The molecule has 4 nitrogen and oxygen atoms in total. The summed E-state index contributed by atoms with van der Waals surface area (Å²) < 4.78 is 5.19. The smallest absolute Gasteiger partial charge is 0.319 e. The van der Waals surface area contributed by atoms with Gasteiger partial charge in [0, 0.05) is 13.1 Å². The van der Waals surface area contributed by atoms with Gasteiger partial charge in [-0.25, -0.2) is 0 Å². The summed E-state index contributed by atoms with van der Waals surface area (Å²) in [5.74, 6) is -0.407. The Morgan fingerprint density at radius 1 is 1.32 bits per heavy atom. The standard InChI is InChI=1S/C18H25NO3/c1-4-22-17(21)18(14(2)3)10-11-19(13-16(18)20)12-15-8-6-5-7-9-15/h5-9,14H,4,10-13H2,1-3H3. The highest BCUT2D eigenvalue weighted by atomic mass is 16.5. The van der Waals surface area contributed by atoms with Crippen molar-refractivity contribution in [2.24, 2.45) is 11.3 Å². The number of ether oxygens (including phenoxy) is 1. The largest absolute Gasteiger partial charge is 0.465 e. The van der Waals surface area contributed by atoms with E-state index in [1.807, 2.05) is 32.0 Å². The number of carbonyl (C=O) groups excluding carboxylic acids is 2. The van der Waals surface area contributed by atoms with E-state index >= 15 is 0 Å². The fraction of sp³-hybridized carbons (Fsp3) is 0.556. The first-order valence-corrected chi connectivity index (χ1v) is 7.97. The van der Waals surface area contributed by atoms with Gasteiger partial charge in [-0.2, -0.15) is 0 Å². The summed E-state index contributed by atoms with van der Waals surface area (Å²) in [6.45, 7) is 7.74. The molecular weight excluding hydrogens is 278 g/mol. The molecule has 0 spiro atoms. The summed E-state index contributed by atoms with van der Waals surface area (Å²) >= 11 is 0. The highest BCUT2D eigenvalue weighted by Crippen LogP contribution is 2.38. The third-order valence-electron chi connectivity index (χ3n) is 4.56. The number of nitrogens with zero attached hydrogens (tertiary/aromatic N) is 1. The summed E-state index contributed by atoms with van der Waals surface area (Å²) in [5, 5.41) is 0. The Labute approximate surface area is 132 Å². The lowest BCUT2D eigenvalue weighted by Crippen LogP contribution is -2.55. The van der Waals surface area contributed by atoms with Crippen LogP contribution in [-0.2, 0) is 20.9 Å². The number of esters is 1. The number of piperidine rings is 1. The van der Waals surface area contributed by atoms with Crippen molar-refractivity contribution in [1.29, 1.82) is 0 Å². The van der Waals surface area contributed by atoms with Crippen LogP contribution in [0.4, 0.5) is 0 Å². The first kappa shape index (κ1) is 16.7. The second-order valence-electron chi connectivity index (χ2n) is 6.22. The number of carbonyl (C=O) groups is 2. The lowest BCUT2D eigenvalue weighted by atomic mass is 9.69. The highest BCUT2D eigenvalue weighted by Gasteiger charge is 2.51. The number of ketones is 1. The van der Waals surface area contributed by atoms with Crippen LogP contribution in [0.1, 0.15) is 32.8 Å². The lowest BCUT2D eigenvalue weighted by Gasteiger charge is -2.41. The molecule has 120 valence electrons. The van der Waals surface area contributed by atoms with E-state index in [2.05, 4.69) is 17.0 Å². The third kappa shape index (κ3) is 3.22. The van der Waals surface area contributed by atoms with Crippen molar-refractivity contribution in [1.82, 2.24) is 4.90 Å². The molecule has 1 aromatic carbocycles. The van der Waals surface area contributed by atoms with Gasteiger partial charge in [-0.05, 0) is 24.8 Å². The van der Waals surface area contributed by atoms with Crippen molar-refractivity contribution in [2.45, 2.75) is 33.7 Å². The van der Waals surface area contributed by atoms with Crippen molar-refractivity contribution in [3.05, 3.63) is 35.9 Å². The molecule has 1 aliphatic rings. The van der Waals surface area contributed by atoms with Gasteiger partial charge in [0.1, 0.15) is 5.41 Å². The van der Waals surface area contributed by atoms with E-state index in [0.717, 1.165) is 13.1 Å². The average molecular weight is 303 g/mol. The topological polar surface area (TPSA) is 46.6 Å². The van der Waals surface area contributed by atoms with Crippen LogP contribution in [0.5, 0.6) is 0 Å². The minimum atomic E-state index is -0.969. The molecule has 0 aliphatic carbocycles. The van der Waals surface area contributed by atoms with Gasteiger partial charge in [0.2, 0.25) is 0 Å². The zero-order valence-corrected chi connectivity index (χ0v) is 13.7. The zero-order chi connectivity index (χ0) is 16.2. The number of rotatable bonds is 5. The molecule has 22 heavy (non-hydrogen) atoms. The molecule has 0 amide bonds. The van der Waals surface area contributed by atoms with Crippen LogP contribution in [0.2, 0.25) is 0 Å². The molecule has 1 aromatic rings. The first-order chi connectivity index (χ1) is 10.5. The minimum Gasteiger partial charge on any atom is -0.465 e. The molecule has 0 saturated carbocycles. The first-order valence-electron chi connectivity index (χ1n) is 7.97. The van der Waals surface area contributed by atoms with E-state index in [9.17, 15) is 9.59 Å². The van der Waals surface area contributed by atoms with Gasteiger partial charge >= 0.3 is 5.97 Å². The van der Waals surface area contributed by atoms with E-state index in [4.69, 9.17) is 4.74 Å². The van der Waals surface area contributed by atoms with E-state index in [1.54, 1.807) is 6.92 Å².